The molecule has 0 bridgehead atoms. The molecule has 0 amide bonds. The van der Waals surface area contributed by atoms with Crippen molar-refractivity contribution in [2.24, 2.45) is 0 Å². The van der Waals surface area contributed by atoms with Gasteiger partial charge in [-0.05, 0) is 50.7 Å². The van der Waals surface area contributed by atoms with E-state index in [9.17, 15) is 0 Å². The first kappa shape index (κ1) is 17.0. The fourth-order valence-corrected chi connectivity index (χ4v) is 4.59. The fourth-order valence-electron chi connectivity index (χ4n) is 3.50. The normalized spacial score (nSPS) is 18.6. The van der Waals surface area contributed by atoms with Crippen molar-refractivity contribution in [1.82, 2.24) is 10.2 Å². The third-order valence-corrected chi connectivity index (χ3v) is 6.94. The molecule has 3 heterocycles. The van der Waals surface area contributed by atoms with Gasteiger partial charge in [0, 0.05) is 20.5 Å². The summed E-state index contributed by atoms with van der Waals surface area (Å²) in [5.41, 5.74) is 2.48. The van der Waals surface area contributed by atoms with Crippen molar-refractivity contribution < 1.29 is 9.31 Å². The molecule has 0 atom stereocenters. The van der Waals surface area contributed by atoms with Crippen molar-refractivity contribution in [3.8, 4) is 10.4 Å². The average molecular weight is 376 g/mol. The predicted octanol–water partition coefficient (Wildman–Crippen LogP) is 4.74. The number of aromatic nitrogens is 2. The van der Waals surface area contributed by atoms with E-state index in [1.165, 1.54) is 15.0 Å². The van der Waals surface area contributed by atoms with Gasteiger partial charge in [0.25, 0.3) is 0 Å². The van der Waals surface area contributed by atoms with Crippen LogP contribution in [0.1, 0.15) is 27.7 Å². The van der Waals surface area contributed by atoms with E-state index in [1.54, 1.807) is 11.3 Å². The molecule has 2 aromatic carbocycles. The van der Waals surface area contributed by atoms with Crippen LogP contribution in [-0.4, -0.2) is 28.5 Å². The zero-order valence-corrected chi connectivity index (χ0v) is 16.7. The number of nitrogens with zero attached hydrogens (tertiary/aromatic N) is 1. The highest BCUT2D eigenvalue weighted by Gasteiger charge is 2.51. The SMILES string of the molecule is CC1(C)OB(c2cc(-c3cc4ccccc4s3)c3[nH]ncc3c2)OC1(C)C. The van der Waals surface area contributed by atoms with E-state index in [1.807, 2.05) is 6.20 Å². The van der Waals surface area contributed by atoms with Crippen molar-refractivity contribution >= 4 is 44.9 Å². The Bertz CT molecular complexity index is 1110. The van der Waals surface area contributed by atoms with Gasteiger partial charge in [0.15, 0.2) is 0 Å². The minimum Gasteiger partial charge on any atom is -0.399 e. The summed E-state index contributed by atoms with van der Waals surface area (Å²) in [6.45, 7) is 8.32. The van der Waals surface area contributed by atoms with E-state index in [0.717, 1.165) is 21.9 Å². The first-order valence-electron chi connectivity index (χ1n) is 9.16. The third-order valence-electron chi connectivity index (χ3n) is 5.79. The van der Waals surface area contributed by atoms with Gasteiger partial charge in [0.05, 0.1) is 22.9 Å². The lowest BCUT2D eigenvalue weighted by molar-refractivity contribution is 0.00578. The Kier molecular flexibility index (Phi) is 3.57. The maximum atomic E-state index is 6.28. The summed E-state index contributed by atoms with van der Waals surface area (Å²) in [5, 5.41) is 9.74. The van der Waals surface area contributed by atoms with Gasteiger partial charge in [-0.1, -0.05) is 30.3 Å². The van der Waals surface area contributed by atoms with Gasteiger partial charge in [-0.2, -0.15) is 5.10 Å². The lowest BCUT2D eigenvalue weighted by Crippen LogP contribution is -2.41. The van der Waals surface area contributed by atoms with Gasteiger partial charge in [-0.25, -0.2) is 0 Å². The van der Waals surface area contributed by atoms with Crippen LogP contribution in [0.2, 0.25) is 0 Å². The fraction of sp³-hybridized carbons (Fsp3) is 0.286. The van der Waals surface area contributed by atoms with Gasteiger partial charge in [-0.15, -0.1) is 11.3 Å². The van der Waals surface area contributed by atoms with Crippen molar-refractivity contribution in [3.05, 3.63) is 48.7 Å². The summed E-state index contributed by atoms with van der Waals surface area (Å²) in [6, 6.07) is 15.0. The molecule has 1 fully saturated rings. The Hall–Kier alpha value is -2.15. The molecule has 27 heavy (non-hydrogen) atoms. The van der Waals surface area contributed by atoms with Crippen LogP contribution in [0.3, 0.4) is 0 Å². The number of rotatable bonds is 2. The quantitative estimate of drug-likeness (QED) is 0.514. The lowest BCUT2D eigenvalue weighted by atomic mass is 9.77. The summed E-state index contributed by atoms with van der Waals surface area (Å²) in [6.07, 6.45) is 1.86. The minimum absolute atomic E-state index is 0.360. The van der Waals surface area contributed by atoms with E-state index < -0.39 is 0 Å². The van der Waals surface area contributed by atoms with Crippen molar-refractivity contribution in [3.63, 3.8) is 0 Å². The van der Waals surface area contributed by atoms with Crippen LogP contribution in [0.15, 0.2) is 48.7 Å². The molecule has 1 aliphatic rings. The first-order chi connectivity index (χ1) is 12.8. The molecule has 1 N–H and O–H groups in total. The maximum Gasteiger partial charge on any atom is 0.494 e. The molecule has 1 saturated heterocycles. The molecule has 2 aromatic heterocycles. The third kappa shape index (κ3) is 2.63. The van der Waals surface area contributed by atoms with Crippen LogP contribution in [-0.2, 0) is 9.31 Å². The van der Waals surface area contributed by atoms with Crippen LogP contribution >= 0.6 is 11.3 Å². The Morgan fingerprint density at radius 3 is 2.44 bits per heavy atom. The molecule has 0 saturated carbocycles. The number of hydrogen-bond donors (Lipinski definition) is 1. The number of H-pyrrole nitrogens is 1. The van der Waals surface area contributed by atoms with Gasteiger partial charge >= 0.3 is 7.12 Å². The summed E-state index contributed by atoms with van der Waals surface area (Å²) >= 11 is 1.79. The Labute approximate surface area is 162 Å². The highest BCUT2D eigenvalue weighted by molar-refractivity contribution is 7.22. The van der Waals surface area contributed by atoms with E-state index >= 15 is 0 Å². The lowest BCUT2D eigenvalue weighted by Gasteiger charge is -2.32. The molecule has 5 rings (SSSR count). The van der Waals surface area contributed by atoms with Crippen LogP contribution < -0.4 is 5.46 Å². The van der Waals surface area contributed by atoms with Crippen LogP contribution in [0.25, 0.3) is 31.4 Å². The largest absolute Gasteiger partial charge is 0.494 e. The highest BCUT2D eigenvalue weighted by atomic mass is 32.1. The Morgan fingerprint density at radius 2 is 1.70 bits per heavy atom. The summed E-state index contributed by atoms with van der Waals surface area (Å²) in [4.78, 5) is 1.21. The topological polar surface area (TPSA) is 47.1 Å². The summed E-state index contributed by atoms with van der Waals surface area (Å²) in [5.74, 6) is 0. The molecule has 4 aromatic rings. The van der Waals surface area contributed by atoms with E-state index in [2.05, 4.69) is 80.4 Å². The first-order valence-corrected chi connectivity index (χ1v) is 9.97. The number of benzene rings is 2. The summed E-state index contributed by atoms with van der Waals surface area (Å²) in [7, 11) is -0.387. The van der Waals surface area contributed by atoms with Gasteiger partial charge < -0.3 is 9.31 Å². The molecule has 0 aliphatic carbocycles. The molecule has 1 aliphatic heterocycles. The predicted molar refractivity (Wildman–Crippen MR) is 113 cm³/mol. The van der Waals surface area contributed by atoms with Crippen LogP contribution in [0.5, 0.6) is 0 Å². The summed E-state index contributed by atoms with van der Waals surface area (Å²) < 4.78 is 13.8. The Balaban J connectivity index is 1.66. The molecule has 4 nitrogen and oxygen atoms in total. The average Bonchev–Trinajstić information content (AvgIpc) is 3.30. The molecule has 0 unspecified atom stereocenters. The van der Waals surface area contributed by atoms with Crippen LogP contribution in [0.4, 0.5) is 0 Å². The molecular weight excluding hydrogens is 355 g/mol. The molecule has 0 radical (unpaired) electrons. The highest BCUT2D eigenvalue weighted by Crippen LogP contribution is 2.39. The van der Waals surface area contributed by atoms with Gasteiger partial charge in [-0.3, -0.25) is 5.10 Å². The second kappa shape index (κ2) is 5.68. The van der Waals surface area contributed by atoms with Gasteiger partial charge in [0.1, 0.15) is 0 Å². The molecule has 6 heteroatoms. The smallest absolute Gasteiger partial charge is 0.399 e. The molecular formula is C21H21BN2O2S. The van der Waals surface area contributed by atoms with E-state index in [4.69, 9.17) is 9.31 Å². The van der Waals surface area contributed by atoms with E-state index in [-0.39, 0.29) is 18.3 Å². The standard InChI is InChI=1S/C21H21BN2O2S/c1-20(2)21(3,4)26-22(25-20)15-9-14-12-23-24-19(14)16(11-15)18-10-13-7-5-6-8-17(13)27-18/h5-12H,1-4H3,(H,23,24). The van der Waals surface area contributed by atoms with Crippen molar-refractivity contribution in [1.29, 1.82) is 0 Å². The number of aromatic amines is 1. The molecule has 136 valence electrons. The number of hydrogen-bond acceptors (Lipinski definition) is 4. The number of nitrogens with one attached hydrogen (secondary N) is 1. The number of thiophene rings is 1. The number of fused-ring (bicyclic) bond motifs is 2. The minimum atomic E-state index is -0.387. The monoisotopic (exact) mass is 376 g/mol. The van der Waals surface area contributed by atoms with Gasteiger partial charge in [0.2, 0.25) is 0 Å². The zero-order valence-electron chi connectivity index (χ0n) is 15.9. The zero-order chi connectivity index (χ0) is 18.8. The second-order valence-electron chi connectivity index (χ2n) is 8.14. The second-order valence-corrected chi connectivity index (χ2v) is 9.22. The molecule has 0 spiro atoms. The van der Waals surface area contributed by atoms with Crippen molar-refractivity contribution in [2.75, 3.05) is 0 Å². The maximum absolute atomic E-state index is 6.28. The van der Waals surface area contributed by atoms with E-state index in [0.29, 0.717) is 0 Å². The Morgan fingerprint density at radius 1 is 0.963 bits per heavy atom. The van der Waals surface area contributed by atoms with Crippen molar-refractivity contribution in [2.45, 2.75) is 38.9 Å². The van der Waals surface area contributed by atoms with Crippen LogP contribution in [0, 0.1) is 0 Å².